The van der Waals surface area contributed by atoms with Gasteiger partial charge in [-0.15, -0.1) is 0 Å². The van der Waals surface area contributed by atoms with Crippen LogP contribution in [-0.2, 0) is 20.7 Å². The van der Waals surface area contributed by atoms with Gasteiger partial charge in [-0.25, -0.2) is 4.79 Å². The maximum Gasteiger partial charge on any atom is 0.333 e. The highest BCUT2D eigenvalue weighted by Crippen LogP contribution is 2.27. The number of aliphatic hydroxyl groups is 7. The van der Waals surface area contributed by atoms with E-state index in [4.69, 9.17) is 9.47 Å². The number of carboxylic acid groups (broad SMARTS) is 1. The lowest BCUT2D eigenvalue weighted by atomic mass is 9.89. The molecule has 1 aromatic rings. The minimum Gasteiger partial charge on any atom is -0.479 e. The van der Waals surface area contributed by atoms with Crippen molar-refractivity contribution in [3.63, 3.8) is 0 Å². The lowest BCUT2D eigenvalue weighted by Gasteiger charge is -2.40. The number of ether oxygens (including phenoxy) is 2. The number of hydrogen-bond donors (Lipinski definition) is 8. The van der Waals surface area contributed by atoms with Crippen molar-refractivity contribution in [3.05, 3.63) is 35.4 Å². The van der Waals surface area contributed by atoms with Crippen LogP contribution in [0.4, 0.5) is 0 Å². The molecule has 1 fully saturated rings. The first-order valence-electron chi connectivity index (χ1n) is 10.3. The predicted octanol–water partition coefficient (Wildman–Crippen LogP) is -2.47. The predicted molar refractivity (Wildman–Crippen MR) is 108 cm³/mol. The van der Waals surface area contributed by atoms with E-state index in [2.05, 4.69) is 0 Å². The Morgan fingerprint density at radius 2 is 1.62 bits per heavy atom. The number of rotatable bonds is 11. The van der Waals surface area contributed by atoms with E-state index in [0.29, 0.717) is 6.42 Å². The Labute approximate surface area is 185 Å². The van der Waals surface area contributed by atoms with Gasteiger partial charge in [-0.05, 0) is 25.3 Å². The van der Waals surface area contributed by atoms with Crippen molar-refractivity contribution in [2.75, 3.05) is 13.2 Å². The molecule has 0 aromatic heterocycles. The van der Waals surface area contributed by atoms with Crippen molar-refractivity contribution >= 4 is 5.97 Å². The first-order valence-corrected chi connectivity index (χ1v) is 10.3. The van der Waals surface area contributed by atoms with Gasteiger partial charge in [0.25, 0.3) is 0 Å². The molecule has 11 heteroatoms. The molecule has 1 aliphatic rings. The molecule has 1 heterocycles. The third kappa shape index (κ3) is 6.67. The molecule has 0 radical (unpaired) electrons. The quantitative estimate of drug-likeness (QED) is 0.174. The van der Waals surface area contributed by atoms with Gasteiger partial charge >= 0.3 is 5.97 Å². The van der Waals surface area contributed by atoms with Gasteiger partial charge < -0.3 is 50.3 Å². The Kier molecular flexibility index (Phi) is 9.95. The molecular weight excluding hydrogens is 428 g/mol. The normalized spacial score (nSPS) is 29.8. The van der Waals surface area contributed by atoms with Gasteiger partial charge in [-0.1, -0.05) is 29.8 Å². The Balaban J connectivity index is 1.87. The molecule has 1 aliphatic heterocycles. The molecule has 9 unspecified atom stereocenters. The van der Waals surface area contributed by atoms with E-state index < -0.39 is 74.1 Å². The zero-order valence-corrected chi connectivity index (χ0v) is 17.6. The highest BCUT2D eigenvalue weighted by molar-refractivity contribution is 5.73. The fourth-order valence-electron chi connectivity index (χ4n) is 3.49. The maximum absolute atomic E-state index is 11.3. The molecule has 1 saturated heterocycles. The average molecular weight is 460 g/mol. The van der Waals surface area contributed by atoms with E-state index in [1.165, 1.54) is 0 Å². The molecule has 0 saturated carbocycles. The zero-order chi connectivity index (χ0) is 24.0. The van der Waals surface area contributed by atoms with Crippen molar-refractivity contribution in [1.82, 2.24) is 0 Å². The van der Waals surface area contributed by atoms with Crippen LogP contribution < -0.4 is 0 Å². The van der Waals surface area contributed by atoms with Crippen LogP contribution in [0.25, 0.3) is 0 Å². The average Bonchev–Trinajstić information content (AvgIpc) is 2.77. The minimum atomic E-state index is -1.81. The van der Waals surface area contributed by atoms with E-state index in [9.17, 15) is 45.6 Å². The minimum absolute atomic E-state index is 0.119. The smallest absolute Gasteiger partial charge is 0.333 e. The van der Waals surface area contributed by atoms with Crippen LogP contribution in [0.2, 0.25) is 0 Å². The van der Waals surface area contributed by atoms with Gasteiger partial charge in [0.2, 0.25) is 0 Å². The summed E-state index contributed by atoms with van der Waals surface area (Å²) in [4.78, 5) is 11.3. The molecule has 1 aromatic carbocycles. The number of hydrogen-bond acceptors (Lipinski definition) is 10. The summed E-state index contributed by atoms with van der Waals surface area (Å²) in [5, 5.41) is 79.0. The third-order valence-corrected chi connectivity index (χ3v) is 5.61. The van der Waals surface area contributed by atoms with E-state index in [-0.39, 0.29) is 6.42 Å². The van der Waals surface area contributed by atoms with E-state index in [0.717, 1.165) is 11.1 Å². The monoisotopic (exact) mass is 460 g/mol. The lowest BCUT2D eigenvalue weighted by molar-refractivity contribution is -0.293. The van der Waals surface area contributed by atoms with Crippen molar-refractivity contribution < 1.29 is 55.1 Å². The number of aliphatic hydroxyl groups excluding tert-OH is 7. The number of carbonyl (C=O) groups is 1. The second-order valence-corrected chi connectivity index (χ2v) is 8.06. The summed E-state index contributed by atoms with van der Waals surface area (Å²) in [6.45, 7) is 0.483. The SMILES string of the molecule is Cc1ccc(CCC(O)C(O)C(O)C(O)COC2OC(C(=O)O)C(CO)C(O)C2O)cc1. The van der Waals surface area contributed by atoms with Crippen molar-refractivity contribution in [1.29, 1.82) is 0 Å². The van der Waals surface area contributed by atoms with Gasteiger partial charge in [-0.2, -0.15) is 0 Å². The Bertz CT molecular complexity index is 712. The maximum atomic E-state index is 11.3. The number of benzene rings is 1. The molecule has 11 nitrogen and oxygen atoms in total. The summed E-state index contributed by atoms with van der Waals surface area (Å²) in [6, 6.07) is 7.57. The first kappa shape index (κ1) is 26.6. The number of carboxylic acids is 1. The van der Waals surface area contributed by atoms with Crippen molar-refractivity contribution in [3.8, 4) is 0 Å². The largest absolute Gasteiger partial charge is 0.479 e. The summed E-state index contributed by atoms with van der Waals surface area (Å²) in [5.74, 6) is -2.78. The van der Waals surface area contributed by atoms with Gasteiger partial charge in [-0.3, -0.25) is 0 Å². The molecule has 0 amide bonds. The second kappa shape index (κ2) is 12.0. The van der Waals surface area contributed by atoms with Gasteiger partial charge in [0, 0.05) is 5.92 Å². The molecule has 0 bridgehead atoms. The van der Waals surface area contributed by atoms with E-state index in [1.807, 2.05) is 31.2 Å². The van der Waals surface area contributed by atoms with Crippen LogP contribution in [0, 0.1) is 12.8 Å². The first-order chi connectivity index (χ1) is 15.1. The summed E-state index contributed by atoms with van der Waals surface area (Å²) in [5.41, 5.74) is 2.00. The lowest BCUT2D eigenvalue weighted by Crippen LogP contribution is -2.59. The summed E-state index contributed by atoms with van der Waals surface area (Å²) in [7, 11) is 0. The molecule has 0 aliphatic carbocycles. The molecular formula is C21H32O11. The Hall–Kier alpha value is -1.67. The Morgan fingerprint density at radius 1 is 1.03 bits per heavy atom. The van der Waals surface area contributed by atoms with Crippen molar-refractivity contribution in [2.24, 2.45) is 5.92 Å². The van der Waals surface area contributed by atoms with Gasteiger partial charge in [0.05, 0.1) is 25.4 Å². The number of aryl methyl sites for hydroxylation is 2. The standard InChI is InChI=1S/C21H32O11/c1-10-2-4-11(5-3-10)6-7-13(23)16(26)17(27)14(24)9-31-21-18(28)15(25)12(8-22)19(32-21)20(29)30/h2-5,12-19,21-28H,6-9H2,1H3,(H,29,30). The molecule has 8 N–H and O–H groups in total. The highest BCUT2D eigenvalue weighted by atomic mass is 16.7. The fourth-order valence-corrected chi connectivity index (χ4v) is 3.49. The third-order valence-electron chi connectivity index (χ3n) is 5.61. The topological polar surface area (TPSA) is 197 Å². The van der Waals surface area contributed by atoms with Crippen LogP contribution in [0.3, 0.4) is 0 Å². The zero-order valence-electron chi connectivity index (χ0n) is 17.6. The van der Waals surface area contributed by atoms with Gasteiger partial charge in [0.15, 0.2) is 12.4 Å². The second-order valence-electron chi connectivity index (χ2n) is 8.06. The van der Waals surface area contributed by atoms with Crippen LogP contribution in [0.5, 0.6) is 0 Å². The molecule has 0 spiro atoms. The molecule has 182 valence electrons. The van der Waals surface area contributed by atoms with Crippen LogP contribution in [0.15, 0.2) is 24.3 Å². The summed E-state index contributed by atoms with van der Waals surface area (Å²) in [6.07, 6.45) is -12.8. The van der Waals surface area contributed by atoms with Crippen LogP contribution >= 0.6 is 0 Å². The Morgan fingerprint density at radius 3 is 2.19 bits per heavy atom. The fraction of sp³-hybridized carbons (Fsp3) is 0.667. The molecule has 9 atom stereocenters. The van der Waals surface area contributed by atoms with E-state index >= 15 is 0 Å². The summed E-state index contributed by atoms with van der Waals surface area (Å²) >= 11 is 0. The van der Waals surface area contributed by atoms with Crippen LogP contribution in [-0.4, -0.2) is 109 Å². The van der Waals surface area contributed by atoms with Crippen molar-refractivity contribution in [2.45, 2.75) is 68.8 Å². The van der Waals surface area contributed by atoms with Crippen LogP contribution in [0.1, 0.15) is 17.5 Å². The molecule has 32 heavy (non-hydrogen) atoms. The van der Waals surface area contributed by atoms with E-state index in [1.54, 1.807) is 0 Å². The molecule has 2 rings (SSSR count). The van der Waals surface area contributed by atoms with Gasteiger partial charge in [0.1, 0.15) is 24.4 Å². The number of aliphatic carboxylic acids is 1. The highest BCUT2D eigenvalue weighted by Gasteiger charge is 2.48. The summed E-state index contributed by atoms with van der Waals surface area (Å²) < 4.78 is 10.2.